The molecular weight excluding hydrogens is 210 g/mol. The van der Waals surface area contributed by atoms with E-state index < -0.39 is 0 Å². The molecule has 1 rings (SSSR count). The van der Waals surface area contributed by atoms with Gasteiger partial charge in [0, 0.05) is 27.2 Å². The molecule has 0 saturated heterocycles. The van der Waals surface area contributed by atoms with Crippen LogP contribution >= 0.6 is 0 Å². The topological polar surface area (TPSA) is 27.6 Å². The SMILES string of the molecule is CCNC(=NCC1(CC(C)C)CCC1)N(C)C. The Morgan fingerprint density at radius 1 is 1.35 bits per heavy atom. The quantitative estimate of drug-likeness (QED) is 0.590. The van der Waals surface area contributed by atoms with E-state index in [-0.39, 0.29) is 0 Å². The molecule has 0 unspecified atom stereocenters. The minimum atomic E-state index is 0.505. The molecule has 0 radical (unpaired) electrons. The Labute approximate surface area is 107 Å². The molecule has 0 amide bonds. The van der Waals surface area contributed by atoms with Gasteiger partial charge in [0.25, 0.3) is 0 Å². The fraction of sp³-hybridized carbons (Fsp3) is 0.929. The van der Waals surface area contributed by atoms with Gasteiger partial charge in [-0.15, -0.1) is 0 Å². The van der Waals surface area contributed by atoms with Crippen molar-refractivity contribution in [2.45, 2.75) is 46.5 Å². The van der Waals surface area contributed by atoms with Crippen LogP contribution in [0.3, 0.4) is 0 Å². The number of hydrogen-bond acceptors (Lipinski definition) is 1. The second-order valence-electron chi connectivity index (χ2n) is 6.02. The minimum absolute atomic E-state index is 0.505. The summed E-state index contributed by atoms with van der Waals surface area (Å²) in [5.74, 6) is 1.81. The Morgan fingerprint density at radius 3 is 2.35 bits per heavy atom. The maximum absolute atomic E-state index is 4.79. The zero-order valence-electron chi connectivity index (χ0n) is 12.2. The first-order chi connectivity index (χ1) is 7.99. The van der Waals surface area contributed by atoms with E-state index in [1.54, 1.807) is 0 Å². The molecule has 0 heterocycles. The van der Waals surface area contributed by atoms with Crippen LogP contribution in [0.5, 0.6) is 0 Å². The molecule has 0 atom stereocenters. The zero-order valence-corrected chi connectivity index (χ0v) is 12.2. The van der Waals surface area contributed by atoms with Crippen molar-refractivity contribution in [2.24, 2.45) is 16.3 Å². The molecule has 0 spiro atoms. The zero-order chi connectivity index (χ0) is 12.9. The Kier molecular flexibility index (Phi) is 5.29. The molecule has 0 aromatic carbocycles. The summed E-state index contributed by atoms with van der Waals surface area (Å²) in [4.78, 5) is 6.87. The van der Waals surface area contributed by atoms with E-state index in [4.69, 9.17) is 4.99 Å². The highest BCUT2D eigenvalue weighted by atomic mass is 15.3. The second-order valence-corrected chi connectivity index (χ2v) is 6.02. The fourth-order valence-electron chi connectivity index (χ4n) is 2.73. The van der Waals surface area contributed by atoms with Gasteiger partial charge in [0.05, 0.1) is 0 Å². The van der Waals surface area contributed by atoms with Gasteiger partial charge in [0.2, 0.25) is 0 Å². The van der Waals surface area contributed by atoms with E-state index in [2.05, 4.69) is 45.1 Å². The molecular formula is C14H29N3. The fourth-order valence-corrected chi connectivity index (χ4v) is 2.73. The summed E-state index contributed by atoms with van der Waals surface area (Å²) in [6, 6.07) is 0. The summed E-state index contributed by atoms with van der Waals surface area (Å²) in [6.07, 6.45) is 5.44. The van der Waals surface area contributed by atoms with Crippen LogP contribution in [0.4, 0.5) is 0 Å². The lowest BCUT2D eigenvalue weighted by Crippen LogP contribution is -2.39. The van der Waals surface area contributed by atoms with Gasteiger partial charge >= 0.3 is 0 Å². The van der Waals surface area contributed by atoms with Crippen LogP contribution in [-0.4, -0.2) is 38.0 Å². The van der Waals surface area contributed by atoms with Crippen LogP contribution in [0.25, 0.3) is 0 Å². The monoisotopic (exact) mass is 239 g/mol. The summed E-state index contributed by atoms with van der Waals surface area (Å²) in [6.45, 7) is 8.69. The van der Waals surface area contributed by atoms with Crippen LogP contribution in [0.1, 0.15) is 46.5 Å². The molecule has 0 aromatic rings. The summed E-state index contributed by atoms with van der Waals surface area (Å²) in [5.41, 5.74) is 0.505. The van der Waals surface area contributed by atoms with Gasteiger partial charge < -0.3 is 10.2 Å². The van der Waals surface area contributed by atoms with Crippen molar-refractivity contribution in [2.75, 3.05) is 27.2 Å². The molecule has 1 N–H and O–H groups in total. The van der Waals surface area contributed by atoms with E-state index in [0.717, 1.165) is 25.0 Å². The van der Waals surface area contributed by atoms with Crippen molar-refractivity contribution in [1.29, 1.82) is 0 Å². The third-order valence-corrected chi connectivity index (χ3v) is 3.58. The van der Waals surface area contributed by atoms with Gasteiger partial charge in [0.15, 0.2) is 5.96 Å². The number of nitrogens with zero attached hydrogens (tertiary/aromatic N) is 2. The van der Waals surface area contributed by atoms with Crippen molar-refractivity contribution < 1.29 is 0 Å². The highest BCUT2D eigenvalue weighted by Gasteiger charge is 2.37. The Balaban J connectivity index is 2.58. The highest BCUT2D eigenvalue weighted by molar-refractivity contribution is 5.79. The van der Waals surface area contributed by atoms with Crippen LogP contribution < -0.4 is 5.32 Å². The third kappa shape index (κ3) is 4.21. The lowest BCUT2D eigenvalue weighted by Gasteiger charge is -2.42. The molecule has 0 aromatic heterocycles. The average molecular weight is 239 g/mol. The summed E-state index contributed by atoms with van der Waals surface area (Å²) < 4.78 is 0. The van der Waals surface area contributed by atoms with Crippen molar-refractivity contribution in [3.8, 4) is 0 Å². The minimum Gasteiger partial charge on any atom is -0.357 e. The predicted octanol–water partition coefficient (Wildman–Crippen LogP) is 2.73. The van der Waals surface area contributed by atoms with Gasteiger partial charge in [-0.05, 0) is 37.5 Å². The first-order valence-corrected chi connectivity index (χ1v) is 6.95. The lowest BCUT2D eigenvalue weighted by atomic mass is 9.64. The standard InChI is InChI=1S/C14H29N3/c1-6-15-13(17(4)5)16-11-14(8-7-9-14)10-12(2)3/h12H,6-11H2,1-5H3,(H,15,16). The van der Waals surface area contributed by atoms with Crippen LogP contribution in [-0.2, 0) is 0 Å². The number of nitrogens with one attached hydrogen (secondary N) is 1. The summed E-state index contributed by atoms with van der Waals surface area (Å²) in [5, 5.41) is 3.33. The van der Waals surface area contributed by atoms with Crippen LogP contribution in [0.2, 0.25) is 0 Å². The molecule has 100 valence electrons. The molecule has 1 saturated carbocycles. The van der Waals surface area contributed by atoms with Gasteiger partial charge in [-0.25, -0.2) is 0 Å². The molecule has 1 aliphatic rings. The summed E-state index contributed by atoms with van der Waals surface area (Å²) >= 11 is 0. The maximum atomic E-state index is 4.79. The number of rotatable bonds is 5. The first kappa shape index (κ1) is 14.3. The second kappa shape index (κ2) is 6.27. The normalized spacial score (nSPS) is 19.1. The average Bonchev–Trinajstić information content (AvgIpc) is 2.18. The predicted molar refractivity (Wildman–Crippen MR) is 75.4 cm³/mol. The highest BCUT2D eigenvalue weighted by Crippen LogP contribution is 2.46. The summed E-state index contributed by atoms with van der Waals surface area (Å²) in [7, 11) is 4.11. The van der Waals surface area contributed by atoms with E-state index in [1.807, 2.05) is 0 Å². The van der Waals surface area contributed by atoms with Gasteiger partial charge in [-0.3, -0.25) is 4.99 Å². The van der Waals surface area contributed by atoms with Gasteiger partial charge in [-0.1, -0.05) is 20.3 Å². The molecule has 1 aliphatic carbocycles. The Hall–Kier alpha value is -0.730. The van der Waals surface area contributed by atoms with Crippen LogP contribution in [0, 0.1) is 11.3 Å². The van der Waals surface area contributed by atoms with Crippen LogP contribution in [0.15, 0.2) is 4.99 Å². The van der Waals surface area contributed by atoms with Crippen molar-refractivity contribution >= 4 is 5.96 Å². The Bertz CT molecular complexity index is 252. The van der Waals surface area contributed by atoms with Gasteiger partial charge in [-0.2, -0.15) is 0 Å². The number of guanidine groups is 1. The van der Waals surface area contributed by atoms with Crippen molar-refractivity contribution in [3.05, 3.63) is 0 Å². The molecule has 0 aliphatic heterocycles. The van der Waals surface area contributed by atoms with Gasteiger partial charge in [0.1, 0.15) is 0 Å². The first-order valence-electron chi connectivity index (χ1n) is 6.95. The van der Waals surface area contributed by atoms with E-state index in [0.29, 0.717) is 5.41 Å². The lowest BCUT2D eigenvalue weighted by molar-refractivity contribution is 0.111. The molecule has 1 fully saturated rings. The largest absolute Gasteiger partial charge is 0.357 e. The maximum Gasteiger partial charge on any atom is 0.193 e. The molecule has 3 heteroatoms. The molecule has 17 heavy (non-hydrogen) atoms. The van der Waals surface area contributed by atoms with E-state index in [9.17, 15) is 0 Å². The molecule has 0 bridgehead atoms. The van der Waals surface area contributed by atoms with E-state index in [1.165, 1.54) is 25.7 Å². The Morgan fingerprint density at radius 2 is 2.00 bits per heavy atom. The third-order valence-electron chi connectivity index (χ3n) is 3.58. The van der Waals surface area contributed by atoms with Crippen molar-refractivity contribution in [1.82, 2.24) is 10.2 Å². The van der Waals surface area contributed by atoms with E-state index >= 15 is 0 Å². The van der Waals surface area contributed by atoms with Crippen molar-refractivity contribution in [3.63, 3.8) is 0 Å². The molecule has 3 nitrogen and oxygen atoms in total. The number of hydrogen-bond donors (Lipinski definition) is 1. The smallest absolute Gasteiger partial charge is 0.193 e. The number of aliphatic imine (C=N–C) groups is 1.